The number of benzene rings is 1. The normalized spacial score (nSPS) is 15.5. The number of nitrogens with two attached hydrogens (primary N) is 1. The van der Waals surface area contributed by atoms with Gasteiger partial charge >= 0.3 is 0 Å². The third kappa shape index (κ3) is 3.85. The average molecular weight is 331 g/mol. The fourth-order valence-corrected chi connectivity index (χ4v) is 2.66. The van der Waals surface area contributed by atoms with E-state index in [0.717, 1.165) is 37.6 Å². The van der Waals surface area contributed by atoms with Gasteiger partial charge in [-0.2, -0.15) is 5.26 Å². The van der Waals surface area contributed by atoms with Crippen LogP contribution in [-0.4, -0.2) is 50.2 Å². The first-order valence-electron chi connectivity index (χ1n) is 7.36. The van der Waals surface area contributed by atoms with Gasteiger partial charge in [-0.3, -0.25) is 0 Å². The summed E-state index contributed by atoms with van der Waals surface area (Å²) in [7, 11) is 3.35. The highest BCUT2D eigenvalue weighted by Gasteiger charge is 2.21. The number of anilines is 1. The van der Waals surface area contributed by atoms with Gasteiger partial charge in [0.25, 0.3) is 0 Å². The maximum Gasteiger partial charge on any atom is 0.126 e. The van der Waals surface area contributed by atoms with E-state index in [1.54, 1.807) is 14.2 Å². The Balaban J connectivity index is 2.04. The molecule has 0 radical (unpaired) electrons. The molecule has 1 fully saturated rings. The lowest BCUT2D eigenvalue weighted by Crippen LogP contribution is -2.48. The number of hydrogen-bond donors (Lipinski definition) is 2. The van der Waals surface area contributed by atoms with Crippen molar-refractivity contribution >= 4 is 22.9 Å². The second-order valence-corrected chi connectivity index (χ2v) is 5.53. The number of methoxy groups -OCH3 is 1. The molecule has 0 aromatic heterocycles. The van der Waals surface area contributed by atoms with E-state index in [1.807, 2.05) is 29.2 Å². The summed E-state index contributed by atoms with van der Waals surface area (Å²) in [4.78, 5) is 4.66. The maximum atomic E-state index is 9.24. The van der Waals surface area contributed by atoms with Gasteiger partial charge in [0.15, 0.2) is 0 Å². The van der Waals surface area contributed by atoms with Crippen LogP contribution in [0.3, 0.4) is 0 Å². The summed E-state index contributed by atoms with van der Waals surface area (Å²) in [5.41, 5.74) is 7.61. The van der Waals surface area contributed by atoms with Crippen LogP contribution in [0.15, 0.2) is 35.7 Å². The molecule has 0 atom stereocenters. The van der Waals surface area contributed by atoms with E-state index in [9.17, 15) is 5.26 Å². The van der Waals surface area contributed by atoms with Gasteiger partial charge in [0.05, 0.1) is 7.11 Å². The van der Waals surface area contributed by atoms with Crippen LogP contribution in [0.4, 0.5) is 5.69 Å². The molecule has 1 aliphatic rings. The summed E-state index contributed by atoms with van der Waals surface area (Å²) in [5.74, 6) is 1.29. The number of rotatable bonds is 4. The number of thiocarbonyl (C=S) groups is 1. The van der Waals surface area contributed by atoms with Gasteiger partial charge in [-0.25, -0.2) is 0 Å². The maximum absolute atomic E-state index is 9.24. The standard InChI is InChI=1S/C16H21N5OS/c1-19-16(23)14(11-17)15(18)21-9-7-20(8-10-21)12-3-5-13(22-2)6-4-12/h3-6H,7-10,18H2,1-2H3,(H,19,23)/b15-14-. The topological polar surface area (TPSA) is 77.5 Å². The molecule has 1 aromatic rings. The van der Waals surface area contributed by atoms with Crippen molar-refractivity contribution in [3.05, 3.63) is 35.7 Å². The van der Waals surface area contributed by atoms with Crippen molar-refractivity contribution in [2.24, 2.45) is 5.73 Å². The first-order valence-corrected chi connectivity index (χ1v) is 7.77. The Morgan fingerprint density at radius 1 is 1.26 bits per heavy atom. The number of nitriles is 1. The van der Waals surface area contributed by atoms with Gasteiger partial charge in [0, 0.05) is 38.9 Å². The number of ether oxygens (including phenoxy) is 1. The monoisotopic (exact) mass is 331 g/mol. The van der Waals surface area contributed by atoms with Gasteiger partial charge in [0.2, 0.25) is 0 Å². The second kappa shape index (κ2) is 7.70. The Bertz CT molecular complexity index is 627. The van der Waals surface area contributed by atoms with Crippen molar-refractivity contribution in [1.82, 2.24) is 10.2 Å². The lowest BCUT2D eigenvalue weighted by Gasteiger charge is -2.37. The largest absolute Gasteiger partial charge is 0.497 e. The quantitative estimate of drug-likeness (QED) is 0.485. The summed E-state index contributed by atoms with van der Waals surface area (Å²) in [6.45, 7) is 3.15. The number of hydrogen-bond acceptors (Lipinski definition) is 6. The lowest BCUT2D eigenvalue weighted by molar-refractivity contribution is 0.317. The number of nitrogens with one attached hydrogen (secondary N) is 1. The molecule has 2 rings (SSSR count). The highest BCUT2D eigenvalue weighted by Crippen LogP contribution is 2.21. The van der Waals surface area contributed by atoms with Crippen molar-refractivity contribution in [2.75, 3.05) is 45.2 Å². The van der Waals surface area contributed by atoms with Crippen LogP contribution in [-0.2, 0) is 0 Å². The van der Waals surface area contributed by atoms with Crippen molar-refractivity contribution in [3.63, 3.8) is 0 Å². The van der Waals surface area contributed by atoms with E-state index < -0.39 is 0 Å². The van der Waals surface area contributed by atoms with Gasteiger partial charge in [-0.1, -0.05) is 12.2 Å². The van der Waals surface area contributed by atoms with Gasteiger partial charge in [-0.15, -0.1) is 0 Å². The predicted octanol–water partition coefficient (Wildman–Crippen LogP) is 1.06. The highest BCUT2D eigenvalue weighted by atomic mass is 32.1. The third-order valence-electron chi connectivity index (χ3n) is 3.88. The molecule has 3 N–H and O–H groups in total. The molecular formula is C16H21N5OS. The first-order chi connectivity index (χ1) is 11.1. The number of likely N-dealkylation sites (N-methyl/N-ethyl adjacent to an activating group) is 1. The molecule has 1 saturated heterocycles. The molecule has 0 amide bonds. The van der Waals surface area contributed by atoms with Crippen LogP contribution in [0.5, 0.6) is 5.75 Å². The molecule has 0 spiro atoms. The Kier molecular flexibility index (Phi) is 5.66. The van der Waals surface area contributed by atoms with E-state index in [0.29, 0.717) is 16.4 Å². The van der Waals surface area contributed by atoms with Crippen LogP contribution in [0, 0.1) is 11.3 Å². The summed E-state index contributed by atoms with van der Waals surface area (Å²) in [6, 6.07) is 10.1. The van der Waals surface area contributed by atoms with Gasteiger partial charge < -0.3 is 25.6 Å². The van der Waals surface area contributed by atoms with E-state index >= 15 is 0 Å². The minimum atomic E-state index is 0.334. The Hall–Kier alpha value is -2.46. The molecule has 122 valence electrons. The zero-order valence-corrected chi connectivity index (χ0v) is 14.2. The summed E-state index contributed by atoms with van der Waals surface area (Å²) >= 11 is 5.12. The lowest BCUT2D eigenvalue weighted by atomic mass is 10.2. The molecule has 6 nitrogen and oxygen atoms in total. The minimum Gasteiger partial charge on any atom is -0.497 e. The van der Waals surface area contributed by atoms with Gasteiger partial charge in [-0.05, 0) is 24.3 Å². The second-order valence-electron chi connectivity index (χ2n) is 5.12. The summed E-state index contributed by atoms with van der Waals surface area (Å²) in [5, 5.41) is 12.0. The third-order valence-corrected chi connectivity index (χ3v) is 4.29. The molecule has 1 aliphatic heterocycles. The molecule has 7 heteroatoms. The van der Waals surface area contributed by atoms with Crippen LogP contribution in [0.25, 0.3) is 0 Å². The van der Waals surface area contributed by atoms with E-state index in [2.05, 4.69) is 16.3 Å². The molecule has 0 unspecified atom stereocenters. The Labute approximate surface area is 142 Å². The van der Waals surface area contributed by atoms with Crippen LogP contribution < -0.4 is 20.7 Å². The fraction of sp³-hybridized carbons (Fsp3) is 0.375. The SMILES string of the molecule is CNC(=S)/C(C#N)=C(/N)N1CCN(c2ccc(OC)cc2)CC1. The summed E-state index contributed by atoms with van der Waals surface area (Å²) < 4.78 is 5.18. The zero-order chi connectivity index (χ0) is 16.8. The van der Waals surface area contributed by atoms with E-state index in [4.69, 9.17) is 22.7 Å². The molecule has 1 aromatic carbocycles. The molecule has 23 heavy (non-hydrogen) atoms. The van der Waals surface area contributed by atoms with Crippen molar-refractivity contribution in [3.8, 4) is 11.8 Å². The first kappa shape index (κ1) is 16.9. The molecule has 0 aliphatic carbocycles. The van der Waals surface area contributed by atoms with Crippen molar-refractivity contribution < 1.29 is 4.74 Å². The Morgan fingerprint density at radius 3 is 2.35 bits per heavy atom. The number of piperazine rings is 1. The average Bonchev–Trinajstić information content (AvgIpc) is 2.62. The van der Waals surface area contributed by atoms with Crippen LogP contribution >= 0.6 is 12.2 Å². The van der Waals surface area contributed by atoms with Crippen LogP contribution in [0.1, 0.15) is 0 Å². The molecular weight excluding hydrogens is 310 g/mol. The Morgan fingerprint density at radius 2 is 1.87 bits per heavy atom. The van der Waals surface area contributed by atoms with Crippen LogP contribution in [0.2, 0.25) is 0 Å². The van der Waals surface area contributed by atoms with Crippen molar-refractivity contribution in [1.29, 1.82) is 5.26 Å². The molecule has 1 heterocycles. The molecule has 0 bridgehead atoms. The fourth-order valence-electron chi connectivity index (χ4n) is 2.51. The highest BCUT2D eigenvalue weighted by molar-refractivity contribution is 7.80. The smallest absolute Gasteiger partial charge is 0.126 e. The zero-order valence-electron chi connectivity index (χ0n) is 13.4. The number of nitrogens with zero attached hydrogens (tertiary/aromatic N) is 3. The van der Waals surface area contributed by atoms with Gasteiger partial charge in [0.1, 0.15) is 28.2 Å². The van der Waals surface area contributed by atoms with Crippen molar-refractivity contribution in [2.45, 2.75) is 0 Å². The van der Waals surface area contributed by atoms with E-state index in [-0.39, 0.29) is 0 Å². The minimum absolute atomic E-state index is 0.334. The molecule has 0 saturated carbocycles. The predicted molar refractivity (Wildman–Crippen MR) is 95.3 cm³/mol. The van der Waals surface area contributed by atoms with E-state index in [1.165, 1.54) is 0 Å². The summed E-state index contributed by atoms with van der Waals surface area (Å²) in [6.07, 6.45) is 0.